The standard InChI is InChI=1S/C12H26N2/c1-11(2,3)14-9-8-13-10-12(4)6-5-7-12/h13-14H,5-10H2,1-4H3. The Hall–Kier alpha value is -0.0800. The second kappa shape index (κ2) is 4.63. The van der Waals surface area contributed by atoms with Crippen LogP contribution in [0.2, 0.25) is 0 Å². The fourth-order valence-electron chi connectivity index (χ4n) is 1.87. The first kappa shape index (κ1) is 12.0. The summed E-state index contributed by atoms with van der Waals surface area (Å²) >= 11 is 0. The van der Waals surface area contributed by atoms with Crippen molar-refractivity contribution < 1.29 is 0 Å². The van der Waals surface area contributed by atoms with Gasteiger partial charge in [-0.2, -0.15) is 0 Å². The van der Waals surface area contributed by atoms with E-state index in [4.69, 9.17) is 0 Å². The average Bonchev–Trinajstić information content (AvgIpc) is 1.98. The third-order valence-electron chi connectivity index (χ3n) is 3.07. The van der Waals surface area contributed by atoms with E-state index in [-0.39, 0.29) is 5.54 Å². The molecule has 0 aromatic carbocycles. The Balaban J connectivity index is 1.94. The zero-order valence-electron chi connectivity index (χ0n) is 10.2. The SMILES string of the molecule is CC1(CNCCNC(C)(C)C)CCC1. The van der Waals surface area contributed by atoms with Gasteiger partial charge in [-0.05, 0) is 39.0 Å². The zero-order valence-corrected chi connectivity index (χ0v) is 10.2. The lowest BCUT2D eigenvalue weighted by Crippen LogP contribution is -2.43. The topological polar surface area (TPSA) is 24.1 Å². The predicted octanol–water partition coefficient (Wildman–Crippen LogP) is 2.15. The molecule has 2 nitrogen and oxygen atoms in total. The highest BCUT2D eigenvalue weighted by Crippen LogP contribution is 2.39. The van der Waals surface area contributed by atoms with Gasteiger partial charge in [-0.15, -0.1) is 0 Å². The Morgan fingerprint density at radius 1 is 1.14 bits per heavy atom. The maximum atomic E-state index is 3.54. The number of nitrogens with one attached hydrogen (secondary N) is 2. The van der Waals surface area contributed by atoms with Gasteiger partial charge < -0.3 is 10.6 Å². The molecule has 2 N–H and O–H groups in total. The first-order valence-corrected chi connectivity index (χ1v) is 5.87. The molecule has 14 heavy (non-hydrogen) atoms. The van der Waals surface area contributed by atoms with Crippen molar-refractivity contribution in [3.05, 3.63) is 0 Å². The van der Waals surface area contributed by atoms with E-state index in [1.807, 2.05) is 0 Å². The van der Waals surface area contributed by atoms with E-state index < -0.39 is 0 Å². The number of hydrogen-bond acceptors (Lipinski definition) is 2. The van der Waals surface area contributed by atoms with Crippen LogP contribution in [0.15, 0.2) is 0 Å². The van der Waals surface area contributed by atoms with Crippen LogP contribution in [0.5, 0.6) is 0 Å². The normalized spacial score (nSPS) is 20.6. The summed E-state index contributed by atoms with van der Waals surface area (Å²) in [6, 6.07) is 0. The second-order valence-electron chi connectivity index (χ2n) is 6.02. The summed E-state index contributed by atoms with van der Waals surface area (Å²) in [5.41, 5.74) is 0.865. The van der Waals surface area contributed by atoms with E-state index >= 15 is 0 Å². The molecule has 0 bridgehead atoms. The summed E-state index contributed by atoms with van der Waals surface area (Å²) in [5.74, 6) is 0. The number of rotatable bonds is 5. The smallest absolute Gasteiger partial charge is 0.00970 e. The van der Waals surface area contributed by atoms with Crippen molar-refractivity contribution in [2.45, 2.75) is 52.5 Å². The lowest BCUT2D eigenvalue weighted by atomic mass is 9.70. The Bertz CT molecular complexity index is 166. The van der Waals surface area contributed by atoms with E-state index in [1.54, 1.807) is 0 Å². The number of hydrogen-bond donors (Lipinski definition) is 2. The van der Waals surface area contributed by atoms with Crippen molar-refractivity contribution >= 4 is 0 Å². The summed E-state index contributed by atoms with van der Waals surface area (Å²) in [6.45, 7) is 12.4. The Morgan fingerprint density at radius 3 is 2.21 bits per heavy atom. The van der Waals surface area contributed by atoms with Gasteiger partial charge in [0.1, 0.15) is 0 Å². The molecule has 2 heteroatoms. The molecule has 0 unspecified atom stereocenters. The molecule has 1 aliphatic rings. The van der Waals surface area contributed by atoms with Crippen LogP contribution in [-0.4, -0.2) is 25.2 Å². The molecule has 1 rings (SSSR count). The molecular weight excluding hydrogens is 172 g/mol. The van der Waals surface area contributed by atoms with Crippen molar-refractivity contribution in [2.24, 2.45) is 5.41 Å². The Morgan fingerprint density at radius 2 is 1.79 bits per heavy atom. The van der Waals surface area contributed by atoms with E-state index in [1.165, 1.54) is 25.8 Å². The van der Waals surface area contributed by atoms with E-state index in [2.05, 4.69) is 38.3 Å². The molecule has 0 spiro atoms. The molecule has 0 heterocycles. The molecule has 0 radical (unpaired) electrons. The van der Waals surface area contributed by atoms with Gasteiger partial charge in [0.15, 0.2) is 0 Å². The molecule has 0 aromatic heterocycles. The van der Waals surface area contributed by atoms with Crippen LogP contribution in [-0.2, 0) is 0 Å². The third-order valence-corrected chi connectivity index (χ3v) is 3.07. The van der Waals surface area contributed by atoms with Crippen molar-refractivity contribution in [1.29, 1.82) is 0 Å². The van der Waals surface area contributed by atoms with Gasteiger partial charge in [0, 0.05) is 25.2 Å². The molecule has 0 atom stereocenters. The van der Waals surface area contributed by atoms with Crippen LogP contribution in [0.25, 0.3) is 0 Å². The summed E-state index contributed by atoms with van der Waals surface area (Å²) < 4.78 is 0. The van der Waals surface area contributed by atoms with Crippen LogP contribution in [0.4, 0.5) is 0 Å². The van der Waals surface area contributed by atoms with Crippen molar-refractivity contribution in [2.75, 3.05) is 19.6 Å². The van der Waals surface area contributed by atoms with Gasteiger partial charge in [0.25, 0.3) is 0 Å². The summed E-state index contributed by atoms with van der Waals surface area (Å²) in [4.78, 5) is 0. The van der Waals surface area contributed by atoms with Crippen LogP contribution >= 0.6 is 0 Å². The van der Waals surface area contributed by atoms with Gasteiger partial charge in [-0.1, -0.05) is 13.3 Å². The fraction of sp³-hybridized carbons (Fsp3) is 1.00. The quantitative estimate of drug-likeness (QED) is 0.662. The van der Waals surface area contributed by atoms with Gasteiger partial charge in [-0.25, -0.2) is 0 Å². The average molecular weight is 198 g/mol. The molecule has 0 aromatic rings. The fourth-order valence-corrected chi connectivity index (χ4v) is 1.87. The van der Waals surface area contributed by atoms with Crippen LogP contribution in [0.3, 0.4) is 0 Å². The van der Waals surface area contributed by atoms with Crippen molar-refractivity contribution in [3.63, 3.8) is 0 Å². The monoisotopic (exact) mass is 198 g/mol. The summed E-state index contributed by atoms with van der Waals surface area (Å²) in [6.07, 6.45) is 4.25. The maximum absolute atomic E-state index is 3.54. The molecule has 1 fully saturated rings. The van der Waals surface area contributed by atoms with Crippen molar-refractivity contribution in [3.8, 4) is 0 Å². The van der Waals surface area contributed by atoms with E-state index in [0.29, 0.717) is 5.41 Å². The van der Waals surface area contributed by atoms with Crippen LogP contribution < -0.4 is 10.6 Å². The predicted molar refractivity (Wildman–Crippen MR) is 62.6 cm³/mol. The lowest BCUT2D eigenvalue weighted by molar-refractivity contribution is 0.157. The third kappa shape index (κ3) is 4.43. The summed E-state index contributed by atoms with van der Waals surface area (Å²) in [7, 11) is 0. The first-order chi connectivity index (χ1) is 6.41. The largest absolute Gasteiger partial charge is 0.315 e. The van der Waals surface area contributed by atoms with Gasteiger partial charge >= 0.3 is 0 Å². The van der Waals surface area contributed by atoms with Crippen LogP contribution in [0, 0.1) is 5.41 Å². The van der Waals surface area contributed by atoms with Gasteiger partial charge in [-0.3, -0.25) is 0 Å². The molecule has 0 aliphatic heterocycles. The minimum Gasteiger partial charge on any atom is -0.315 e. The second-order valence-corrected chi connectivity index (χ2v) is 6.02. The maximum Gasteiger partial charge on any atom is 0.00970 e. The van der Waals surface area contributed by atoms with Gasteiger partial charge in [0.2, 0.25) is 0 Å². The molecule has 1 aliphatic carbocycles. The highest BCUT2D eigenvalue weighted by Gasteiger charge is 2.30. The Labute approximate surface area is 88.8 Å². The molecule has 0 saturated heterocycles. The molecule has 0 amide bonds. The van der Waals surface area contributed by atoms with E-state index in [0.717, 1.165) is 13.1 Å². The minimum atomic E-state index is 0.252. The highest BCUT2D eigenvalue weighted by atomic mass is 15.0. The van der Waals surface area contributed by atoms with Gasteiger partial charge in [0.05, 0.1) is 0 Å². The van der Waals surface area contributed by atoms with E-state index in [9.17, 15) is 0 Å². The zero-order chi connectivity index (χ0) is 10.7. The Kier molecular flexibility index (Phi) is 3.96. The first-order valence-electron chi connectivity index (χ1n) is 5.87. The summed E-state index contributed by atoms with van der Waals surface area (Å²) in [5, 5.41) is 7.02. The highest BCUT2D eigenvalue weighted by molar-refractivity contribution is 4.85. The molecule has 1 saturated carbocycles. The minimum absolute atomic E-state index is 0.252. The molecule has 84 valence electrons. The molecular formula is C12H26N2. The lowest BCUT2D eigenvalue weighted by Gasteiger charge is -2.38. The van der Waals surface area contributed by atoms with Crippen molar-refractivity contribution in [1.82, 2.24) is 10.6 Å². The van der Waals surface area contributed by atoms with Crippen LogP contribution in [0.1, 0.15) is 47.0 Å².